The molecule has 3 rings (SSSR count). The van der Waals surface area contributed by atoms with Crippen molar-refractivity contribution in [1.82, 2.24) is 4.57 Å². The normalized spacial score (nSPS) is 10.9. The van der Waals surface area contributed by atoms with Crippen molar-refractivity contribution in [2.24, 2.45) is 7.05 Å². The molecule has 20 heavy (non-hydrogen) atoms. The highest BCUT2D eigenvalue weighted by molar-refractivity contribution is 5.82. The highest BCUT2D eigenvalue weighted by Crippen LogP contribution is 2.24. The molecule has 3 heteroatoms. The predicted octanol–water partition coefficient (Wildman–Crippen LogP) is 3.77. The zero-order chi connectivity index (χ0) is 14.1. The first-order chi connectivity index (χ1) is 9.63. The molecule has 102 valence electrons. The summed E-state index contributed by atoms with van der Waals surface area (Å²) in [6.45, 7) is 2.56. The molecular weight excluding hydrogens is 250 g/mol. The fraction of sp³-hybridized carbons (Fsp3) is 0.176. The monoisotopic (exact) mass is 267 g/mol. The summed E-state index contributed by atoms with van der Waals surface area (Å²) in [5, 5.41) is 10.7. The van der Waals surface area contributed by atoms with Gasteiger partial charge in [0.05, 0.1) is 11.2 Å². The maximum atomic E-state index is 9.56. The molecule has 1 N–H and O–H groups in total. The van der Waals surface area contributed by atoms with Crippen LogP contribution in [0.1, 0.15) is 11.3 Å². The van der Waals surface area contributed by atoms with Gasteiger partial charge >= 0.3 is 0 Å². The quantitative estimate of drug-likeness (QED) is 0.783. The Balaban J connectivity index is 1.86. The molecule has 1 heterocycles. The van der Waals surface area contributed by atoms with Gasteiger partial charge in [0.2, 0.25) is 0 Å². The number of aromatic nitrogens is 1. The number of benzene rings is 2. The van der Waals surface area contributed by atoms with E-state index >= 15 is 0 Å². The van der Waals surface area contributed by atoms with Gasteiger partial charge in [0.15, 0.2) is 0 Å². The SMILES string of the molecule is Cc1cccc(OCc2cc3ccc(O)cc3n2C)c1. The van der Waals surface area contributed by atoms with E-state index < -0.39 is 0 Å². The van der Waals surface area contributed by atoms with Gasteiger partial charge in [-0.15, -0.1) is 0 Å². The third-order valence-electron chi connectivity index (χ3n) is 3.50. The van der Waals surface area contributed by atoms with Crippen LogP contribution in [0.5, 0.6) is 11.5 Å². The van der Waals surface area contributed by atoms with Crippen molar-refractivity contribution in [3.63, 3.8) is 0 Å². The molecule has 0 radical (unpaired) electrons. The highest BCUT2D eigenvalue weighted by Gasteiger charge is 2.07. The standard InChI is InChI=1S/C17H17NO2/c1-12-4-3-5-16(8-12)20-11-14-9-13-6-7-15(19)10-17(13)18(14)2/h3-10,19H,11H2,1-2H3. The van der Waals surface area contributed by atoms with Crippen LogP contribution in [0, 0.1) is 6.92 Å². The van der Waals surface area contributed by atoms with Crippen LogP contribution >= 0.6 is 0 Å². The largest absolute Gasteiger partial charge is 0.508 e. The number of aryl methyl sites for hydroxylation is 2. The molecular formula is C17H17NO2. The van der Waals surface area contributed by atoms with Crippen LogP contribution in [0.2, 0.25) is 0 Å². The number of phenolic OH excluding ortho intramolecular Hbond substituents is 1. The second-order valence-electron chi connectivity index (χ2n) is 5.04. The molecule has 0 bridgehead atoms. The Morgan fingerprint density at radius 3 is 2.75 bits per heavy atom. The number of nitrogens with zero attached hydrogens (tertiary/aromatic N) is 1. The van der Waals surface area contributed by atoms with Crippen molar-refractivity contribution in [1.29, 1.82) is 0 Å². The van der Waals surface area contributed by atoms with Crippen LogP contribution in [0.3, 0.4) is 0 Å². The van der Waals surface area contributed by atoms with Crippen LogP contribution in [0.25, 0.3) is 10.9 Å². The Kier molecular flexibility index (Phi) is 3.11. The lowest BCUT2D eigenvalue weighted by Crippen LogP contribution is -2.01. The first kappa shape index (κ1) is 12.6. The zero-order valence-corrected chi connectivity index (χ0v) is 11.6. The van der Waals surface area contributed by atoms with E-state index in [9.17, 15) is 5.11 Å². The second-order valence-corrected chi connectivity index (χ2v) is 5.04. The van der Waals surface area contributed by atoms with E-state index in [0.29, 0.717) is 6.61 Å². The predicted molar refractivity (Wildman–Crippen MR) is 80.1 cm³/mol. The van der Waals surface area contributed by atoms with Crippen molar-refractivity contribution in [3.8, 4) is 11.5 Å². The summed E-state index contributed by atoms with van der Waals surface area (Å²) in [5.74, 6) is 1.16. The minimum absolute atomic E-state index is 0.282. The van der Waals surface area contributed by atoms with E-state index in [1.807, 2.05) is 48.9 Å². The number of aromatic hydroxyl groups is 1. The van der Waals surface area contributed by atoms with Gasteiger partial charge in [-0.1, -0.05) is 12.1 Å². The van der Waals surface area contributed by atoms with Gasteiger partial charge in [-0.25, -0.2) is 0 Å². The molecule has 0 saturated heterocycles. The number of hydrogen-bond donors (Lipinski definition) is 1. The lowest BCUT2D eigenvalue weighted by Gasteiger charge is -2.08. The molecule has 3 aromatic rings. The number of fused-ring (bicyclic) bond motifs is 1. The highest BCUT2D eigenvalue weighted by atomic mass is 16.5. The van der Waals surface area contributed by atoms with E-state index in [1.54, 1.807) is 12.1 Å². The smallest absolute Gasteiger partial charge is 0.128 e. The molecule has 0 atom stereocenters. The minimum atomic E-state index is 0.282. The average Bonchev–Trinajstić information content (AvgIpc) is 2.73. The number of hydrogen-bond acceptors (Lipinski definition) is 2. The summed E-state index contributed by atoms with van der Waals surface area (Å²) < 4.78 is 7.88. The van der Waals surface area contributed by atoms with Crippen molar-refractivity contribution in [2.75, 3.05) is 0 Å². The minimum Gasteiger partial charge on any atom is -0.508 e. The summed E-state index contributed by atoms with van der Waals surface area (Å²) in [5.41, 5.74) is 3.27. The van der Waals surface area contributed by atoms with Crippen molar-refractivity contribution in [3.05, 3.63) is 59.8 Å². The third kappa shape index (κ3) is 2.35. The molecule has 3 nitrogen and oxygen atoms in total. The van der Waals surface area contributed by atoms with Gasteiger partial charge < -0.3 is 14.4 Å². The molecule has 0 unspecified atom stereocenters. The average molecular weight is 267 g/mol. The Labute approximate surface area is 118 Å². The van der Waals surface area contributed by atoms with E-state index in [1.165, 1.54) is 5.56 Å². The van der Waals surface area contributed by atoms with Gasteiger partial charge in [-0.2, -0.15) is 0 Å². The summed E-state index contributed by atoms with van der Waals surface area (Å²) >= 11 is 0. The van der Waals surface area contributed by atoms with Gasteiger partial charge in [-0.05, 0) is 42.8 Å². The molecule has 2 aromatic carbocycles. The zero-order valence-electron chi connectivity index (χ0n) is 11.6. The lowest BCUT2D eigenvalue weighted by atomic mass is 10.2. The van der Waals surface area contributed by atoms with Gasteiger partial charge in [-0.3, -0.25) is 0 Å². The summed E-state index contributed by atoms with van der Waals surface area (Å²) in [6, 6.07) is 15.5. The molecule has 0 spiro atoms. The molecule has 0 aliphatic rings. The Morgan fingerprint density at radius 1 is 1.10 bits per heavy atom. The summed E-state index contributed by atoms with van der Waals surface area (Å²) in [6.07, 6.45) is 0. The molecule has 0 amide bonds. The van der Waals surface area contributed by atoms with Crippen LogP contribution < -0.4 is 4.74 Å². The Bertz CT molecular complexity index is 759. The number of rotatable bonds is 3. The van der Waals surface area contributed by atoms with Crippen molar-refractivity contribution in [2.45, 2.75) is 13.5 Å². The molecule has 0 fully saturated rings. The van der Waals surface area contributed by atoms with Crippen LogP contribution in [-0.4, -0.2) is 9.67 Å². The summed E-state index contributed by atoms with van der Waals surface area (Å²) in [4.78, 5) is 0. The van der Waals surface area contributed by atoms with Crippen LogP contribution in [0.4, 0.5) is 0 Å². The summed E-state index contributed by atoms with van der Waals surface area (Å²) in [7, 11) is 1.98. The van der Waals surface area contributed by atoms with E-state index in [4.69, 9.17) is 4.74 Å². The first-order valence-corrected chi connectivity index (χ1v) is 6.60. The van der Waals surface area contributed by atoms with E-state index in [2.05, 4.69) is 6.07 Å². The third-order valence-corrected chi connectivity index (χ3v) is 3.50. The molecule has 1 aromatic heterocycles. The number of phenols is 1. The van der Waals surface area contributed by atoms with Crippen LogP contribution in [0.15, 0.2) is 48.5 Å². The number of ether oxygens (including phenoxy) is 1. The van der Waals surface area contributed by atoms with Gasteiger partial charge in [0.25, 0.3) is 0 Å². The second kappa shape index (κ2) is 4.93. The van der Waals surface area contributed by atoms with Gasteiger partial charge in [0, 0.05) is 18.5 Å². The fourth-order valence-corrected chi connectivity index (χ4v) is 2.38. The van der Waals surface area contributed by atoms with Crippen molar-refractivity contribution < 1.29 is 9.84 Å². The van der Waals surface area contributed by atoms with Crippen LogP contribution in [-0.2, 0) is 13.7 Å². The molecule has 0 aliphatic carbocycles. The van der Waals surface area contributed by atoms with Gasteiger partial charge in [0.1, 0.15) is 18.1 Å². The maximum Gasteiger partial charge on any atom is 0.128 e. The van der Waals surface area contributed by atoms with Crippen molar-refractivity contribution >= 4 is 10.9 Å². The lowest BCUT2D eigenvalue weighted by molar-refractivity contribution is 0.297. The first-order valence-electron chi connectivity index (χ1n) is 6.60. The Morgan fingerprint density at radius 2 is 1.95 bits per heavy atom. The van der Waals surface area contributed by atoms with E-state index in [-0.39, 0.29) is 5.75 Å². The molecule has 0 aliphatic heterocycles. The maximum absolute atomic E-state index is 9.56. The molecule has 0 saturated carbocycles. The fourth-order valence-electron chi connectivity index (χ4n) is 2.38. The Hall–Kier alpha value is -2.42. The van der Waals surface area contributed by atoms with E-state index in [0.717, 1.165) is 22.3 Å². The topological polar surface area (TPSA) is 34.4 Å².